The van der Waals surface area contributed by atoms with Crippen molar-refractivity contribution in [3.05, 3.63) is 28.2 Å². The van der Waals surface area contributed by atoms with Crippen molar-refractivity contribution in [3.63, 3.8) is 0 Å². The van der Waals surface area contributed by atoms with E-state index >= 15 is 0 Å². The van der Waals surface area contributed by atoms with E-state index in [4.69, 9.17) is 4.74 Å². The highest BCUT2D eigenvalue weighted by Gasteiger charge is 2.25. The fourth-order valence-corrected chi connectivity index (χ4v) is 2.80. The van der Waals surface area contributed by atoms with Gasteiger partial charge in [-0.15, -0.1) is 0 Å². The standard InChI is InChI=1S/C14H18BrNO/c15-12-1-4-14(17-13-2-3-13)11(8-12)7-10-5-6-16-9-10/h1,4,8,10,13,16H,2-3,5-7,9H2. The van der Waals surface area contributed by atoms with Gasteiger partial charge < -0.3 is 10.1 Å². The molecular formula is C14H18BrNO. The van der Waals surface area contributed by atoms with Crippen molar-refractivity contribution in [2.24, 2.45) is 5.92 Å². The van der Waals surface area contributed by atoms with Gasteiger partial charge in [0, 0.05) is 4.47 Å². The van der Waals surface area contributed by atoms with Crippen LogP contribution >= 0.6 is 15.9 Å². The maximum Gasteiger partial charge on any atom is 0.122 e. The van der Waals surface area contributed by atoms with E-state index in [-0.39, 0.29) is 0 Å². The van der Waals surface area contributed by atoms with Gasteiger partial charge in [0.2, 0.25) is 0 Å². The first kappa shape index (κ1) is 11.5. The lowest BCUT2D eigenvalue weighted by atomic mass is 9.98. The second kappa shape index (κ2) is 4.99. The van der Waals surface area contributed by atoms with Crippen molar-refractivity contribution in [2.45, 2.75) is 31.8 Å². The maximum absolute atomic E-state index is 5.98. The van der Waals surface area contributed by atoms with Crippen LogP contribution < -0.4 is 10.1 Å². The van der Waals surface area contributed by atoms with E-state index in [1.54, 1.807) is 0 Å². The van der Waals surface area contributed by atoms with E-state index in [2.05, 4.69) is 39.4 Å². The molecular weight excluding hydrogens is 278 g/mol. The van der Waals surface area contributed by atoms with Gasteiger partial charge in [0.25, 0.3) is 0 Å². The predicted molar refractivity (Wildman–Crippen MR) is 72.5 cm³/mol. The highest BCUT2D eigenvalue weighted by Crippen LogP contribution is 2.32. The van der Waals surface area contributed by atoms with Crippen molar-refractivity contribution in [3.8, 4) is 5.75 Å². The van der Waals surface area contributed by atoms with E-state index in [0.29, 0.717) is 6.10 Å². The molecule has 0 radical (unpaired) electrons. The van der Waals surface area contributed by atoms with Gasteiger partial charge in [-0.1, -0.05) is 15.9 Å². The van der Waals surface area contributed by atoms with E-state index in [1.165, 1.54) is 24.8 Å². The summed E-state index contributed by atoms with van der Waals surface area (Å²) in [7, 11) is 0. The molecule has 0 amide bonds. The monoisotopic (exact) mass is 295 g/mol. The maximum atomic E-state index is 5.98. The first-order chi connectivity index (χ1) is 8.31. The first-order valence-electron chi connectivity index (χ1n) is 6.47. The molecule has 1 saturated carbocycles. The normalized spacial score (nSPS) is 23.9. The van der Waals surface area contributed by atoms with Crippen molar-refractivity contribution >= 4 is 15.9 Å². The lowest BCUT2D eigenvalue weighted by Crippen LogP contribution is -2.11. The van der Waals surface area contributed by atoms with Crippen LogP contribution in [0.25, 0.3) is 0 Å². The number of halogens is 1. The average Bonchev–Trinajstić information content (AvgIpc) is 2.98. The Morgan fingerprint density at radius 1 is 1.29 bits per heavy atom. The molecule has 17 heavy (non-hydrogen) atoms. The van der Waals surface area contributed by atoms with Crippen molar-refractivity contribution in [1.82, 2.24) is 5.32 Å². The number of hydrogen-bond donors (Lipinski definition) is 1. The molecule has 0 aromatic heterocycles. The van der Waals surface area contributed by atoms with Gasteiger partial charge >= 0.3 is 0 Å². The Kier molecular flexibility index (Phi) is 3.39. The number of nitrogens with one attached hydrogen (secondary N) is 1. The molecule has 1 heterocycles. The van der Waals surface area contributed by atoms with Crippen LogP contribution in [0.15, 0.2) is 22.7 Å². The minimum Gasteiger partial charge on any atom is -0.490 e. The van der Waals surface area contributed by atoms with Crippen LogP contribution in [-0.4, -0.2) is 19.2 Å². The van der Waals surface area contributed by atoms with Crippen LogP contribution in [0.4, 0.5) is 0 Å². The Labute approximate surface area is 111 Å². The van der Waals surface area contributed by atoms with Crippen LogP contribution in [0.2, 0.25) is 0 Å². The van der Waals surface area contributed by atoms with Gasteiger partial charge in [-0.05, 0) is 68.5 Å². The van der Waals surface area contributed by atoms with Gasteiger partial charge in [0.05, 0.1) is 6.10 Å². The molecule has 1 aliphatic carbocycles. The minimum atomic E-state index is 0.483. The molecule has 1 atom stereocenters. The summed E-state index contributed by atoms with van der Waals surface area (Å²) in [6, 6.07) is 6.41. The highest BCUT2D eigenvalue weighted by atomic mass is 79.9. The van der Waals surface area contributed by atoms with Crippen LogP contribution in [0.1, 0.15) is 24.8 Å². The molecule has 2 fully saturated rings. The Hall–Kier alpha value is -0.540. The third-order valence-electron chi connectivity index (χ3n) is 3.51. The van der Waals surface area contributed by atoms with E-state index in [9.17, 15) is 0 Å². The zero-order valence-corrected chi connectivity index (χ0v) is 11.5. The van der Waals surface area contributed by atoms with Gasteiger partial charge in [-0.2, -0.15) is 0 Å². The summed E-state index contributed by atoms with van der Waals surface area (Å²) < 4.78 is 7.13. The highest BCUT2D eigenvalue weighted by molar-refractivity contribution is 9.10. The Balaban J connectivity index is 1.76. The zero-order chi connectivity index (χ0) is 11.7. The summed E-state index contributed by atoms with van der Waals surface area (Å²) >= 11 is 3.56. The molecule has 0 spiro atoms. The van der Waals surface area contributed by atoms with Crippen molar-refractivity contribution in [2.75, 3.05) is 13.1 Å². The third kappa shape index (κ3) is 3.02. The number of rotatable bonds is 4. The molecule has 1 aromatic carbocycles. The first-order valence-corrected chi connectivity index (χ1v) is 7.26. The summed E-state index contributed by atoms with van der Waals surface area (Å²) in [5, 5.41) is 3.43. The second-order valence-corrected chi connectivity index (χ2v) is 6.05. The minimum absolute atomic E-state index is 0.483. The quantitative estimate of drug-likeness (QED) is 0.921. The van der Waals surface area contributed by atoms with E-state index in [1.807, 2.05) is 0 Å². The fraction of sp³-hybridized carbons (Fsp3) is 0.571. The van der Waals surface area contributed by atoms with Crippen molar-refractivity contribution in [1.29, 1.82) is 0 Å². The number of benzene rings is 1. The van der Waals surface area contributed by atoms with Crippen LogP contribution in [0.5, 0.6) is 5.75 Å². The van der Waals surface area contributed by atoms with Gasteiger partial charge in [-0.3, -0.25) is 0 Å². The molecule has 2 aliphatic rings. The van der Waals surface area contributed by atoms with E-state index < -0.39 is 0 Å². The Morgan fingerprint density at radius 3 is 2.88 bits per heavy atom. The summed E-state index contributed by atoms with van der Waals surface area (Å²) in [5.74, 6) is 1.87. The number of ether oxygens (including phenoxy) is 1. The lowest BCUT2D eigenvalue weighted by Gasteiger charge is -2.14. The van der Waals surface area contributed by atoms with Crippen LogP contribution in [0.3, 0.4) is 0 Å². The fourth-order valence-electron chi connectivity index (χ4n) is 2.39. The smallest absolute Gasteiger partial charge is 0.122 e. The van der Waals surface area contributed by atoms with Gasteiger partial charge in [-0.25, -0.2) is 0 Å². The molecule has 3 rings (SSSR count). The summed E-state index contributed by atoms with van der Waals surface area (Å²) in [5.41, 5.74) is 1.36. The average molecular weight is 296 g/mol. The molecule has 2 nitrogen and oxygen atoms in total. The zero-order valence-electron chi connectivity index (χ0n) is 9.92. The van der Waals surface area contributed by atoms with Crippen molar-refractivity contribution < 1.29 is 4.74 Å². The molecule has 3 heteroatoms. The Bertz CT molecular complexity index is 397. The topological polar surface area (TPSA) is 21.3 Å². The Morgan fingerprint density at radius 2 is 2.18 bits per heavy atom. The second-order valence-electron chi connectivity index (χ2n) is 5.13. The molecule has 92 valence electrons. The van der Waals surface area contributed by atoms with Crippen LogP contribution in [-0.2, 0) is 6.42 Å². The van der Waals surface area contributed by atoms with E-state index in [0.717, 1.165) is 35.7 Å². The number of hydrogen-bond acceptors (Lipinski definition) is 2. The van der Waals surface area contributed by atoms with Gasteiger partial charge in [0.15, 0.2) is 0 Å². The molecule has 1 aliphatic heterocycles. The largest absolute Gasteiger partial charge is 0.490 e. The summed E-state index contributed by atoms with van der Waals surface area (Å²) in [4.78, 5) is 0. The molecule has 1 N–H and O–H groups in total. The molecule has 1 aromatic rings. The predicted octanol–water partition coefficient (Wildman–Crippen LogP) is 3.14. The summed E-state index contributed by atoms with van der Waals surface area (Å²) in [6.07, 6.45) is 5.35. The third-order valence-corrected chi connectivity index (χ3v) is 4.00. The van der Waals surface area contributed by atoms with Crippen LogP contribution in [0, 0.1) is 5.92 Å². The lowest BCUT2D eigenvalue weighted by molar-refractivity contribution is 0.298. The molecule has 1 unspecified atom stereocenters. The molecule has 0 bridgehead atoms. The summed E-state index contributed by atoms with van der Waals surface area (Å²) in [6.45, 7) is 2.31. The SMILES string of the molecule is Brc1ccc(OC2CC2)c(CC2CCNC2)c1. The van der Waals surface area contributed by atoms with Gasteiger partial charge in [0.1, 0.15) is 5.75 Å². The molecule has 1 saturated heterocycles.